The summed E-state index contributed by atoms with van der Waals surface area (Å²) in [6, 6.07) is 5.94. The number of hydrogen-bond acceptors (Lipinski definition) is 8. The largest absolute Gasteiger partial charge is 0.573 e. The molecule has 0 bridgehead atoms. The maximum Gasteiger partial charge on any atom is 0.573 e. The molecule has 36 heavy (non-hydrogen) atoms. The molecule has 2 heterocycles. The molecule has 2 aliphatic rings. The van der Waals surface area contributed by atoms with Crippen LogP contribution in [0, 0.1) is 16.0 Å². The minimum Gasteiger partial charge on any atom is -0.405 e. The Hall–Kier alpha value is -3.22. The monoisotopic (exact) mass is 512 g/mol. The van der Waals surface area contributed by atoms with Crippen LogP contribution in [0.1, 0.15) is 43.4 Å². The van der Waals surface area contributed by atoms with Crippen LogP contribution in [0.25, 0.3) is 0 Å². The summed E-state index contributed by atoms with van der Waals surface area (Å²) in [5, 5.41) is 14.5. The first-order valence-electron chi connectivity index (χ1n) is 11.9. The van der Waals surface area contributed by atoms with E-state index in [2.05, 4.69) is 24.9 Å². The molecule has 13 heteroatoms. The van der Waals surface area contributed by atoms with Gasteiger partial charge in [0, 0.05) is 31.2 Å². The summed E-state index contributed by atoms with van der Waals surface area (Å²) in [6.45, 7) is 1.12. The second kappa shape index (κ2) is 10.8. The quantitative estimate of drug-likeness (QED) is 0.299. The SMILES string of the molecule is Nc1nc(NCc2ccccc2OC(F)(F)F)nc(C[C@H]2CC[C@H](N3CCC(F)C3)CC2)c1[N+](=O)[O-]. The highest BCUT2D eigenvalue weighted by atomic mass is 19.4. The lowest BCUT2D eigenvalue weighted by Gasteiger charge is -2.34. The molecule has 9 nitrogen and oxygen atoms in total. The van der Waals surface area contributed by atoms with Crippen molar-refractivity contribution >= 4 is 17.5 Å². The number of halogens is 4. The molecule has 2 fully saturated rings. The summed E-state index contributed by atoms with van der Waals surface area (Å²) in [5.74, 6) is -0.560. The molecule has 1 aliphatic carbocycles. The number of nitrogens with two attached hydrogens (primary N) is 1. The summed E-state index contributed by atoms with van der Waals surface area (Å²) in [6.07, 6.45) is -1.32. The van der Waals surface area contributed by atoms with E-state index in [9.17, 15) is 27.7 Å². The Labute approximate surface area is 205 Å². The molecule has 196 valence electrons. The second-order valence-corrected chi connectivity index (χ2v) is 9.25. The molecule has 1 aromatic heterocycles. The maximum absolute atomic E-state index is 13.6. The number of nitro groups is 1. The van der Waals surface area contributed by atoms with Crippen LogP contribution >= 0.6 is 0 Å². The summed E-state index contributed by atoms with van der Waals surface area (Å²) >= 11 is 0. The first kappa shape index (κ1) is 25.9. The van der Waals surface area contributed by atoms with Gasteiger partial charge in [0.1, 0.15) is 17.6 Å². The van der Waals surface area contributed by atoms with Crippen LogP contribution in [-0.2, 0) is 13.0 Å². The van der Waals surface area contributed by atoms with Crippen molar-refractivity contribution in [3.8, 4) is 5.75 Å². The minimum atomic E-state index is -4.85. The van der Waals surface area contributed by atoms with Gasteiger partial charge in [0.2, 0.25) is 11.8 Å². The Bertz CT molecular complexity index is 1080. The second-order valence-electron chi connectivity index (χ2n) is 9.25. The molecule has 0 radical (unpaired) electrons. The van der Waals surface area contributed by atoms with Crippen molar-refractivity contribution < 1.29 is 27.2 Å². The molecular weight excluding hydrogens is 484 g/mol. The van der Waals surface area contributed by atoms with Gasteiger partial charge in [0.15, 0.2) is 0 Å². The van der Waals surface area contributed by atoms with Gasteiger partial charge < -0.3 is 15.8 Å². The number of likely N-dealkylation sites (tertiary alicyclic amines) is 1. The fourth-order valence-corrected chi connectivity index (χ4v) is 5.05. The smallest absolute Gasteiger partial charge is 0.405 e. The molecule has 0 amide bonds. The number of nitrogen functional groups attached to an aromatic ring is 1. The van der Waals surface area contributed by atoms with Gasteiger partial charge in [-0.1, -0.05) is 18.2 Å². The predicted molar refractivity (Wildman–Crippen MR) is 124 cm³/mol. The van der Waals surface area contributed by atoms with Crippen LogP contribution in [-0.4, -0.2) is 51.5 Å². The van der Waals surface area contributed by atoms with E-state index in [1.54, 1.807) is 6.07 Å². The number of aromatic nitrogens is 2. The highest BCUT2D eigenvalue weighted by molar-refractivity contribution is 5.58. The number of nitrogens with one attached hydrogen (secondary N) is 1. The summed E-state index contributed by atoms with van der Waals surface area (Å²) in [4.78, 5) is 21.5. The Morgan fingerprint density at radius 2 is 1.89 bits per heavy atom. The Morgan fingerprint density at radius 3 is 2.53 bits per heavy atom. The lowest BCUT2D eigenvalue weighted by atomic mass is 9.82. The van der Waals surface area contributed by atoms with Crippen molar-refractivity contribution in [2.45, 2.75) is 63.6 Å². The van der Waals surface area contributed by atoms with Gasteiger partial charge in [-0.3, -0.25) is 15.0 Å². The average molecular weight is 513 g/mol. The standard InChI is InChI=1S/C23H28F4N6O3/c24-16-9-10-32(13-16)17-7-5-14(6-8-17)11-18-20(33(34)35)21(28)31-22(30-18)29-12-15-3-1-2-4-19(15)36-23(25,26)27/h1-4,14,16-17H,5-13H2,(H3,28,29,30,31)/t14-,16?,17-. The van der Waals surface area contributed by atoms with E-state index < -0.39 is 17.5 Å². The van der Waals surface area contributed by atoms with E-state index in [1.807, 2.05) is 0 Å². The molecule has 3 N–H and O–H groups in total. The molecule has 1 aliphatic heterocycles. The molecule has 4 rings (SSSR count). The third-order valence-corrected chi connectivity index (χ3v) is 6.78. The van der Waals surface area contributed by atoms with Crippen molar-refractivity contribution in [3.63, 3.8) is 0 Å². The van der Waals surface area contributed by atoms with Gasteiger partial charge >= 0.3 is 12.0 Å². The van der Waals surface area contributed by atoms with Gasteiger partial charge in [-0.05, 0) is 50.5 Å². The highest BCUT2D eigenvalue weighted by Gasteiger charge is 2.34. The Morgan fingerprint density at radius 1 is 1.17 bits per heavy atom. The number of ether oxygens (including phenoxy) is 1. The third-order valence-electron chi connectivity index (χ3n) is 6.78. The zero-order valence-corrected chi connectivity index (χ0v) is 19.5. The molecular formula is C23H28F4N6O3. The van der Waals surface area contributed by atoms with Crippen molar-refractivity contribution in [2.75, 3.05) is 24.1 Å². The number of anilines is 2. The van der Waals surface area contributed by atoms with E-state index in [-0.39, 0.29) is 46.9 Å². The van der Waals surface area contributed by atoms with Crippen LogP contribution in [0.5, 0.6) is 5.75 Å². The van der Waals surface area contributed by atoms with E-state index in [0.29, 0.717) is 25.4 Å². The highest BCUT2D eigenvalue weighted by Crippen LogP contribution is 2.35. The third kappa shape index (κ3) is 6.50. The van der Waals surface area contributed by atoms with Crippen LogP contribution in [0.15, 0.2) is 24.3 Å². The number of rotatable bonds is 8. The molecule has 1 aromatic carbocycles. The van der Waals surface area contributed by atoms with Crippen LogP contribution < -0.4 is 15.8 Å². The lowest BCUT2D eigenvalue weighted by molar-refractivity contribution is -0.385. The van der Waals surface area contributed by atoms with Crippen molar-refractivity contribution in [1.29, 1.82) is 0 Å². The molecule has 1 unspecified atom stereocenters. The topological polar surface area (TPSA) is 119 Å². The Balaban J connectivity index is 1.44. The van der Waals surface area contributed by atoms with Gasteiger partial charge in [-0.2, -0.15) is 4.98 Å². The van der Waals surface area contributed by atoms with Crippen molar-refractivity contribution in [1.82, 2.24) is 14.9 Å². The Kier molecular flexibility index (Phi) is 7.76. The minimum absolute atomic E-state index is 0.0188. The van der Waals surface area contributed by atoms with Crippen LogP contribution in [0.3, 0.4) is 0 Å². The first-order valence-corrected chi connectivity index (χ1v) is 11.9. The van der Waals surface area contributed by atoms with E-state index >= 15 is 0 Å². The van der Waals surface area contributed by atoms with Gasteiger partial charge in [0.05, 0.1) is 4.92 Å². The van der Waals surface area contributed by atoms with E-state index in [1.165, 1.54) is 18.2 Å². The number of alkyl halides is 4. The summed E-state index contributed by atoms with van der Waals surface area (Å²) < 4.78 is 55.7. The van der Waals surface area contributed by atoms with Crippen LogP contribution in [0.2, 0.25) is 0 Å². The number of hydrogen-bond donors (Lipinski definition) is 2. The molecule has 1 saturated heterocycles. The molecule has 0 spiro atoms. The fraction of sp³-hybridized carbons (Fsp3) is 0.565. The van der Waals surface area contributed by atoms with E-state index in [0.717, 1.165) is 32.2 Å². The van der Waals surface area contributed by atoms with Crippen LogP contribution in [0.4, 0.5) is 35.0 Å². The fourth-order valence-electron chi connectivity index (χ4n) is 5.05. The molecule has 1 saturated carbocycles. The van der Waals surface area contributed by atoms with Gasteiger partial charge in [-0.15, -0.1) is 13.2 Å². The number of nitrogens with zero attached hydrogens (tertiary/aromatic N) is 4. The zero-order chi connectivity index (χ0) is 25.9. The normalized spacial score (nSPS) is 22.9. The van der Waals surface area contributed by atoms with Crippen molar-refractivity contribution in [2.24, 2.45) is 5.92 Å². The van der Waals surface area contributed by atoms with Gasteiger partial charge in [0.25, 0.3) is 0 Å². The van der Waals surface area contributed by atoms with Crippen molar-refractivity contribution in [3.05, 3.63) is 45.6 Å². The number of para-hydroxylation sites is 1. The maximum atomic E-state index is 13.6. The van der Waals surface area contributed by atoms with E-state index in [4.69, 9.17) is 5.73 Å². The summed E-state index contributed by atoms with van der Waals surface area (Å²) in [7, 11) is 0. The lowest BCUT2D eigenvalue weighted by Crippen LogP contribution is -2.37. The zero-order valence-electron chi connectivity index (χ0n) is 19.5. The molecule has 1 atom stereocenters. The summed E-state index contributed by atoms with van der Waals surface area (Å²) in [5.41, 5.74) is 5.91. The first-order chi connectivity index (χ1) is 17.1. The molecule has 2 aromatic rings. The predicted octanol–water partition coefficient (Wildman–Crippen LogP) is 4.62. The average Bonchev–Trinajstić information content (AvgIpc) is 3.24. The van der Waals surface area contributed by atoms with Gasteiger partial charge in [-0.25, -0.2) is 9.37 Å². The number of benzene rings is 1.